The molecule has 1 fully saturated rings. The molecule has 1 N–H and O–H groups in total. The van der Waals surface area contributed by atoms with Crippen LogP contribution in [-0.2, 0) is 6.42 Å². The van der Waals surface area contributed by atoms with Crippen molar-refractivity contribution in [3.05, 3.63) is 95.6 Å². The third-order valence-electron chi connectivity index (χ3n) is 7.03. The van der Waals surface area contributed by atoms with E-state index in [0.717, 1.165) is 31.4 Å². The topological polar surface area (TPSA) is 32.7 Å². The molecule has 1 aliphatic carbocycles. The molecule has 3 atom stereocenters. The zero-order valence-corrected chi connectivity index (χ0v) is 19.5. The molecule has 168 valence electrons. The highest BCUT2D eigenvalue weighted by Gasteiger charge is 2.44. The lowest BCUT2D eigenvalue weighted by atomic mass is 9.63. The van der Waals surface area contributed by atoms with E-state index in [1.807, 2.05) is 12.1 Å². The van der Waals surface area contributed by atoms with E-state index >= 15 is 0 Å². The highest BCUT2D eigenvalue weighted by atomic mass is 16.5. The van der Waals surface area contributed by atoms with Gasteiger partial charge in [0.25, 0.3) is 0 Å². The predicted octanol–water partition coefficient (Wildman–Crippen LogP) is 6.06. The summed E-state index contributed by atoms with van der Waals surface area (Å²) in [7, 11) is 5.91. The summed E-state index contributed by atoms with van der Waals surface area (Å²) in [5.74, 6) is 1.06. The number of para-hydroxylation sites is 1. The fourth-order valence-electron chi connectivity index (χ4n) is 5.52. The molecule has 0 radical (unpaired) electrons. The van der Waals surface area contributed by atoms with Gasteiger partial charge in [-0.1, -0.05) is 73.5 Å². The van der Waals surface area contributed by atoms with E-state index in [1.165, 1.54) is 22.4 Å². The normalized spacial score (nSPS) is 21.7. The van der Waals surface area contributed by atoms with E-state index in [-0.39, 0.29) is 11.8 Å². The minimum atomic E-state index is -0.757. The Bertz CT molecular complexity index is 1020. The quantitative estimate of drug-likeness (QED) is 0.496. The third kappa shape index (κ3) is 4.68. The molecule has 1 aliphatic rings. The lowest BCUT2D eigenvalue weighted by molar-refractivity contribution is -0.0539. The van der Waals surface area contributed by atoms with Gasteiger partial charge in [0.15, 0.2) is 0 Å². The van der Waals surface area contributed by atoms with Gasteiger partial charge < -0.3 is 14.7 Å². The first-order chi connectivity index (χ1) is 15.5. The van der Waals surface area contributed by atoms with Gasteiger partial charge in [-0.15, -0.1) is 0 Å². The van der Waals surface area contributed by atoms with Crippen LogP contribution in [0.3, 0.4) is 0 Å². The Morgan fingerprint density at radius 2 is 1.72 bits per heavy atom. The van der Waals surface area contributed by atoms with Crippen LogP contribution < -0.4 is 9.64 Å². The fourth-order valence-corrected chi connectivity index (χ4v) is 5.52. The van der Waals surface area contributed by atoms with Gasteiger partial charge in [0, 0.05) is 32.1 Å². The van der Waals surface area contributed by atoms with Crippen molar-refractivity contribution < 1.29 is 9.84 Å². The number of nitrogens with zero attached hydrogens (tertiary/aromatic N) is 1. The average molecular weight is 430 g/mol. The second-order valence-electron chi connectivity index (χ2n) is 9.33. The summed E-state index contributed by atoms with van der Waals surface area (Å²) >= 11 is 0. The summed E-state index contributed by atoms with van der Waals surface area (Å²) in [5, 5.41) is 12.2. The van der Waals surface area contributed by atoms with Crippen LogP contribution in [0.4, 0.5) is 5.69 Å². The smallest absolute Gasteiger partial charge is 0.119 e. The Balaban J connectivity index is 1.84. The lowest BCUT2D eigenvalue weighted by Gasteiger charge is -2.45. The van der Waals surface area contributed by atoms with Gasteiger partial charge in [0.05, 0.1) is 12.7 Å². The van der Waals surface area contributed by atoms with Gasteiger partial charge in [0.2, 0.25) is 0 Å². The monoisotopic (exact) mass is 429 g/mol. The zero-order valence-electron chi connectivity index (χ0n) is 19.5. The van der Waals surface area contributed by atoms with E-state index in [1.54, 1.807) is 7.11 Å². The van der Waals surface area contributed by atoms with Crippen molar-refractivity contribution in [1.29, 1.82) is 0 Å². The molecule has 0 spiro atoms. The van der Waals surface area contributed by atoms with Crippen molar-refractivity contribution in [3.8, 4) is 5.75 Å². The summed E-state index contributed by atoms with van der Waals surface area (Å²) < 4.78 is 5.58. The third-order valence-corrected chi connectivity index (χ3v) is 7.03. The molecule has 3 heteroatoms. The molecule has 0 aliphatic heterocycles. The number of methoxy groups -OCH3 is 1. The minimum absolute atomic E-state index is 0.0812. The van der Waals surface area contributed by atoms with Crippen molar-refractivity contribution in [1.82, 2.24) is 0 Å². The van der Waals surface area contributed by atoms with Crippen LogP contribution in [0.25, 0.3) is 0 Å². The molecule has 0 heterocycles. The van der Waals surface area contributed by atoms with Crippen LogP contribution in [0.15, 0.2) is 78.9 Å². The molecule has 0 saturated heterocycles. The maximum Gasteiger partial charge on any atom is 0.119 e. The zero-order chi connectivity index (χ0) is 22.6. The first-order valence-corrected chi connectivity index (χ1v) is 11.7. The van der Waals surface area contributed by atoms with Gasteiger partial charge in [-0.25, -0.2) is 0 Å². The number of hydrogen-bond acceptors (Lipinski definition) is 3. The Morgan fingerprint density at radius 3 is 2.47 bits per heavy atom. The largest absolute Gasteiger partial charge is 0.497 e. The number of rotatable bonds is 7. The first-order valence-electron chi connectivity index (χ1n) is 11.7. The van der Waals surface area contributed by atoms with Crippen molar-refractivity contribution in [2.45, 2.75) is 43.6 Å². The van der Waals surface area contributed by atoms with Crippen molar-refractivity contribution in [2.75, 3.05) is 26.1 Å². The first kappa shape index (κ1) is 22.4. The highest BCUT2D eigenvalue weighted by Crippen LogP contribution is 2.49. The molecular weight excluding hydrogens is 394 g/mol. The second-order valence-corrected chi connectivity index (χ2v) is 9.33. The summed E-state index contributed by atoms with van der Waals surface area (Å²) in [4.78, 5) is 2.18. The van der Waals surface area contributed by atoms with Crippen molar-refractivity contribution in [3.63, 3.8) is 0 Å². The highest BCUT2D eigenvalue weighted by molar-refractivity contribution is 5.57. The molecule has 3 unspecified atom stereocenters. The molecule has 1 saturated carbocycles. The molecule has 0 bridgehead atoms. The van der Waals surface area contributed by atoms with Crippen LogP contribution in [0, 0.1) is 5.92 Å². The van der Waals surface area contributed by atoms with E-state index in [0.29, 0.717) is 6.42 Å². The predicted molar refractivity (Wildman–Crippen MR) is 133 cm³/mol. The number of benzene rings is 3. The second kappa shape index (κ2) is 9.79. The molecule has 3 aromatic rings. The number of anilines is 1. The van der Waals surface area contributed by atoms with Crippen LogP contribution in [0.1, 0.15) is 48.3 Å². The Labute approximate surface area is 192 Å². The molecule has 32 heavy (non-hydrogen) atoms. The summed E-state index contributed by atoms with van der Waals surface area (Å²) in [5.41, 5.74) is 4.12. The molecule has 3 nitrogen and oxygen atoms in total. The van der Waals surface area contributed by atoms with Crippen LogP contribution >= 0.6 is 0 Å². The lowest BCUT2D eigenvalue weighted by Crippen LogP contribution is -2.46. The summed E-state index contributed by atoms with van der Waals surface area (Å²) in [6.45, 7) is 0. The SMILES string of the molecule is COc1cccc(C(c2ccccc2N(C)C)C2CCCCC2(O)Cc2ccccc2)c1. The number of ether oxygens (including phenoxy) is 1. The van der Waals surface area contributed by atoms with Gasteiger partial charge >= 0.3 is 0 Å². The van der Waals surface area contributed by atoms with E-state index < -0.39 is 5.60 Å². The maximum absolute atomic E-state index is 12.2. The van der Waals surface area contributed by atoms with Crippen molar-refractivity contribution >= 4 is 5.69 Å². The molecule has 4 rings (SSSR count). The Morgan fingerprint density at radius 1 is 0.969 bits per heavy atom. The van der Waals surface area contributed by atoms with Gasteiger partial charge in [-0.05, 0) is 53.6 Å². The van der Waals surface area contributed by atoms with Crippen molar-refractivity contribution in [2.24, 2.45) is 5.92 Å². The molecule has 0 amide bonds. The van der Waals surface area contributed by atoms with Gasteiger partial charge in [-0.2, -0.15) is 0 Å². The molecular formula is C29H35NO2. The summed E-state index contributed by atoms with van der Waals surface area (Å²) in [6, 6.07) is 27.5. The maximum atomic E-state index is 12.2. The molecule has 3 aromatic carbocycles. The number of aliphatic hydroxyl groups is 1. The van der Waals surface area contributed by atoms with E-state index in [9.17, 15) is 5.11 Å². The van der Waals surface area contributed by atoms with Gasteiger partial charge in [-0.3, -0.25) is 0 Å². The standard InChI is InChI=1S/C29H35NO2/c1-30(2)27-18-8-7-16-25(27)28(23-14-11-15-24(20-23)32-3)26-17-9-10-19-29(26,31)21-22-12-5-4-6-13-22/h4-8,11-16,18,20,26,28,31H,9-10,17,19,21H2,1-3H3. The summed E-state index contributed by atoms with van der Waals surface area (Å²) in [6.07, 6.45) is 4.74. The fraction of sp³-hybridized carbons (Fsp3) is 0.379. The Hall–Kier alpha value is -2.78. The van der Waals surface area contributed by atoms with E-state index in [4.69, 9.17) is 4.74 Å². The van der Waals surface area contributed by atoms with Crippen LogP contribution in [0.5, 0.6) is 5.75 Å². The number of hydrogen-bond donors (Lipinski definition) is 1. The van der Waals surface area contributed by atoms with Gasteiger partial charge in [0.1, 0.15) is 5.75 Å². The molecule has 0 aromatic heterocycles. The van der Waals surface area contributed by atoms with E-state index in [2.05, 4.69) is 85.7 Å². The van der Waals surface area contributed by atoms with Crippen LogP contribution in [0.2, 0.25) is 0 Å². The average Bonchev–Trinajstić information content (AvgIpc) is 2.81. The van der Waals surface area contributed by atoms with Crippen LogP contribution in [-0.4, -0.2) is 31.9 Å². The minimum Gasteiger partial charge on any atom is -0.497 e. The Kier molecular flexibility index (Phi) is 6.86.